The Labute approximate surface area is 103 Å². The van der Waals surface area contributed by atoms with Gasteiger partial charge >= 0.3 is 6.18 Å². The molecule has 2 heterocycles. The summed E-state index contributed by atoms with van der Waals surface area (Å²) >= 11 is 0. The van der Waals surface area contributed by atoms with Crippen LogP contribution in [-0.2, 0) is 16.3 Å². The first-order chi connectivity index (χ1) is 8.53. The summed E-state index contributed by atoms with van der Waals surface area (Å²) in [6.45, 7) is 1.65. The van der Waals surface area contributed by atoms with Gasteiger partial charge in [0.05, 0.1) is 5.56 Å². The number of alkyl halides is 3. The fourth-order valence-corrected chi connectivity index (χ4v) is 3.05. The summed E-state index contributed by atoms with van der Waals surface area (Å²) < 4.78 is 44.7. The topological polar surface area (TPSA) is 21.3 Å². The molecular formula is C13H14F3NO. The van der Waals surface area contributed by atoms with E-state index in [4.69, 9.17) is 4.74 Å². The van der Waals surface area contributed by atoms with E-state index in [1.807, 2.05) is 0 Å². The molecule has 1 N–H and O–H groups in total. The van der Waals surface area contributed by atoms with Crippen molar-refractivity contribution in [3.63, 3.8) is 0 Å². The highest BCUT2D eigenvalue weighted by Gasteiger charge is 2.46. The first-order valence-corrected chi connectivity index (χ1v) is 6.05. The van der Waals surface area contributed by atoms with Gasteiger partial charge < -0.3 is 10.1 Å². The lowest BCUT2D eigenvalue weighted by molar-refractivity contribution is -0.139. The van der Waals surface area contributed by atoms with Crippen molar-refractivity contribution in [1.82, 2.24) is 0 Å². The molecule has 98 valence electrons. The Morgan fingerprint density at radius 1 is 1.17 bits per heavy atom. The van der Waals surface area contributed by atoms with Crippen LogP contribution in [0.3, 0.4) is 0 Å². The molecule has 0 amide bonds. The minimum absolute atomic E-state index is 0.403. The van der Waals surface area contributed by atoms with Crippen LogP contribution in [0.2, 0.25) is 0 Å². The maximum Gasteiger partial charge on any atom is 0.416 e. The molecule has 5 heteroatoms. The van der Waals surface area contributed by atoms with E-state index in [2.05, 4.69) is 5.32 Å². The number of anilines is 1. The summed E-state index contributed by atoms with van der Waals surface area (Å²) in [4.78, 5) is 0. The third-order valence-corrected chi connectivity index (χ3v) is 3.97. The van der Waals surface area contributed by atoms with E-state index < -0.39 is 17.2 Å². The number of halogens is 3. The predicted octanol–water partition coefficient (Wildman–Crippen LogP) is 3.18. The van der Waals surface area contributed by atoms with E-state index in [0.717, 1.165) is 0 Å². The Balaban J connectivity index is 2.14. The van der Waals surface area contributed by atoms with E-state index in [0.29, 0.717) is 43.9 Å². The normalized spacial score (nSPS) is 21.7. The summed E-state index contributed by atoms with van der Waals surface area (Å²) in [6.07, 6.45) is -2.98. The SMILES string of the molecule is FC(F)(F)c1cccc2c1C1(CCOCC1)CN2. The summed E-state index contributed by atoms with van der Waals surface area (Å²) in [5.74, 6) is 0. The first kappa shape index (κ1) is 11.8. The second kappa shape index (κ2) is 3.88. The first-order valence-electron chi connectivity index (χ1n) is 6.05. The molecule has 1 aromatic carbocycles. The lowest BCUT2D eigenvalue weighted by atomic mass is 9.74. The van der Waals surface area contributed by atoms with Crippen molar-refractivity contribution in [2.24, 2.45) is 0 Å². The highest BCUT2D eigenvalue weighted by Crippen LogP contribution is 2.49. The molecule has 2 aliphatic heterocycles. The zero-order valence-electron chi connectivity index (χ0n) is 9.81. The van der Waals surface area contributed by atoms with Gasteiger partial charge in [0.15, 0.2) is 0 Å². The van der Waals surface area contributed by atoms with E-state index in [1.54, 1.807) is 6.07 Å². The second-order valence-electron chi connectivity index (χ2n) is 4.97. The zero-order valence-corrected chi connectivity index (χ0v) is 9.81. The number of benzene rings is 1. The van der Waals surface area contributed by atoms with Crippen LogP contribution in [0.25, 0.3) is 0 Å². The number of hydrogen-bond donors (Lipinski definition) is 1. The molecule has 18 heavy (non-hydrogen) atoms. The van der Waals surface area contributed by atoms with Gasteiger partial charge in [-0.15, -0.1) is 0 Å². The Morgan fingerprint density at radius 3 is 2.56 bits per heavy atom. The monoisotopic (exact) mass is 257 g/mol. The van der Waals surface area contributed by atoms with Crippen molar-refractivity contribution < 1.29 is 17.9 Å². The highest BCUT2D eigenvalue weighted by atomic mass is 19.4. The number of rotatable bonds is 0. The van der Waals surface area contributed by atoms with Crippen molar-refractivity contribution in [1.29, 1.82) is 0 Å². The molecule has 0 bridgehead atoms. The summed E-state index contributed by atoms with van der Waals surface area (Å²) in [7, 11) is 0. The van der Waals surface area contributed by atoms with E-state index in [9.17, 15) is 13.2 Å². The van der Waals surface area contributed by atoms with Gasteiger partial charge in [-0.05, 0) is 30.5 Å². The van der Waals surface area contributed by atoms with Gasteiger partial charge in [-0.25, -0.2) is 0 Å². The standard InChI is InChI=1S/C13H14F3NO/c14-13(15,16)9-2-1-3-10-11(9)12(8-17-10)4-6-18-7-5-12/h1-3,17H,4-8H2. The third kappa shape index (κ3) is 1.68. The third-order valence-electron chi connectivity index (χ3n) is 3.97. The minimum Gasteiger partial charge on any atom is -0.384 e. The van der Waals surface area contributed by atoms with Crippen LogP contribution < -0.4 is 5.32 Å². The molecule has 0 saturated carbocycles. The van der Waals surface area contributed by atoms with Gasteiger partial charge in [0.2, 0.25) is 0 Å². The Kier molecular flexibility index (Phi) is 2.55. The molecule has 1 spiro atoms. The summed E-state index contributed by atoms with van der Waals surface area (Å²) in [5.41, 5.74) is 0.180. The Bertz CT molecular complexity index is 458. The largest absolute Gasteiger partial charge is 0.416 e. The van der Waals surface area contributed by atoms with Gasteiger partial charge in [0.25, 0.3) is 0 Å². The fourth-order valence-electron chi connectivity index (χ4n) is 3.05. The van der Waals surface area contributed by atoms with Gasteiger partial charge in [-0.3, -0.25) is 0 Å². The highest BCUT2D eigenvalue weighted by molar-refractivity contribution is 5.64. The van der Waals surface area contributed by atoms with Crippen LogP contribution in [0, 0.1) is 0 Å². The van der Waals surface area contributed by atoms with Crippen molar-refractivity contribution in [3.8, 4) is 0 Å². The Morgan fingerprint density at radius 2 is 1.89 bits per heavy atom. The van der Waals surface area contributed by atoms with Crippen molar-refractivity contribution in [3.05, 3.63) is 29.3 Å². The van der Waals surface area contributed by atoms with E-state index in [1.165, 1.54) is 12.1 Å². The van der Waals surface area contributed by atoms with E-state index in [-0.39, 0.29) is 0 Å². The second-order valence-corrected chi connectivity index (χ2v) is 4.97. The van der Waals surface area contributed by atoms with Gasteiger partial charge in [0.1, 0.15) is 0 Å². The molecule has 0 radical (unpaired) electrons. The fraction of sp³-hybridized carbons (Fsp3) is 0.538. The molecule has 2 aliphatic rings. The average molecular weight is 257 g/mol. The zero-order chi connectivity index (χ0) is 12.8. The molecule has 2 nitrogen and oxygen atoms in total. The van der Waals surface area contributed by atoms with Gasteiger partial charge in [-0.2, -0.15) is 13.2 Å². The molecule has 0 unspecified atom stereocenters. The van der Waals surface area contributed by atoms with Crippen LogP contribution in [0.4, 0.5) is 18.9 Å². The maximum absolute atomic E-state index is 13.1. The van der Waals surface area contributed by atoms with Crippen LogP contribution in [-0.4, -0.2) is 19.8 Å². The van der Waals surface area contributed by atoms with Crippen molar-refractivity contribution in [2.75, 3.05) is 25.1 Å². The van der Waals surface area contributed by atoms with Crippen LogP contribution in [0.15, 0.2) is 18.2 Å². The quantitative estimate of drug-likeness (QED) is 0.770. The number of nitrogens with one attached hydrogen (secondary N) is 1. The number of hydrogen-bond acceptors (Lipinski definition) is 2. The summed E-state index contributed by atoms with van der Waals surface area (Å²) in [5, 5.41) is 3.12. The molecule has 1 saturated heterocycles. The lowest BCUT2D eigenvalue weighted by Crippen LogP contribution is -2.36. The number of fused-ring (bicyclic) bond motifs is 2. The average Bonchev–Trinajstić information content (AvgIpc) is 2.69. The van der Waals surface area contributed by atoms with Crippen molar-refractivity contribution >= 4 is 5.69 Å². The maximum atomic E-state index is 13.1. The van der Waals surface area contributed by atoms with Crippen LogP contribution in [0.1, 0.15) is 24.0 Å². The van der Waals surface area contributed by atoms with E-state index >= 15 is 0 Å². The van der Waals surface area contributed by atoms with Crippen molar-refractivity contribution in [2.45, 2.75) is 24.4 Å². The molecular weight excluding hydrogens is 243 g/mol. The molecule has 3 rings (SSSR count). The summed E-state index contributed by atoms with van der Waals surface area (Å²) in [6, 6.07) is 4.38. The lowest BCUT2D eigenvalue weighted by Gasteiger charge is -2.34. The van der Waals surface area contributed by atoms with Crippen LogP contribution >= 0.6 is 0 Å². The number of ether oxygens (including phenoxy) is 1. The molecule has 0 aliphatic carbocycles. The molecule has 0 aromatic heterocycles. The predicted molar refractivity (Wildman–Crippen MR) is 61.7 cm³/mol. The van der Waals surface area contributed by atoms with Gasteiger partial charge in [0, 0.05) is 30.9 Å². The molecule has 1 fully saturated rings. The Hall–Kier alpha value is -1.23. The smallest absolute Gasteiger partial charge is 0.384 e. The van der Waals surface area contributed by atoms with Gasteiger partial charge in [-0.1, -0.05) is 6.07 Å². The molecule has 1 aromatic rings. The minimum atomic E-state index is -4.29. The molecule has 0 atom stereocenters. The van der Waals surface area contributed by atoms with Crippen LogP contribution in [0.5, 0.6) is 0 Å².